The number of nitrogens with two attached hydrogens (primary N) is 1. The van der Waals surface area contributed by atoms with Crippen LogP contribution >= 0.6 is 0 Å². The van der Waals surface area contributed by atoms with E-state index in [9.17, 15) is 14.7 Å². The molecule has 1 saturated carbocycles. The van der Waals surface area contributed by atoms with E-state index in [2.05, 4.69) is 9.97 Å². The van der Waals surface area contributed by atoms with Gasteiger partial charge in [0.25, 0.3) is 5.91 Å². The molecule has 1 amide bonds. The summed E-state index contributed by atoms with van der Waals surface area (Å²) in [5.74, 6) is -2.24. The van der Waals surface area contributed by atoms with Gasteiger partial charge in [-0.2, -0.15) is 0 Å². The molecule has 212 valence electrons. The molecule has 0 saturated heterocycles. The Bertz CT molecular complexity index is 1240. The molecule has 8 nitrogen and oxygen atoms in total. The summed E-state index contributed by atoms with van der Waals surface area (Å²) in [6.07, 6.45) is 18.4. The van der Waals surface area contributed by atoms with Crippen molar-refractivity contribution in [3.05, 3.63) is 89.9 Å². The summed E-state index contributed by atoms with van der Waals surface area (Å²) in [7, 11) is 0. The number of primary amides is 1. The van der Waals surface area contributed by atoms with E-state index in [1.807, 2.05) is 42.5 Å². The first-order valence-electron chi connectivity index (χ1n) is 14.2. The van der Waals surface area contributed by atoms with Gasteiger partial charge in [0.2, 0.25) is 5.89 Å². The van der Waals surface area contributed by atoms with Gasteiger partial charge in [0, 0.05) is 19.0 Å². The fraction of sp³-hybridized carbons (Fsp3) is 0.438. The summed E-state index contributed by atoms with van der Waals surface area (Å²) in [4.78, 5) is 33.6. The lowest BCUT2D eigenvalue weighted by molar-refractivity contribution is -0.145. The Kier molecular flexibility index (Phi) is 10.6. The number of ether oxygens (including phenoxy) is 1. The zero-order chi connectivity index (χ0) is 28.2. The molecule has 1 aliphatic carbocycles. The van der Waals surface area contributed by atoms with Gasteiger partial charge in [-0.3, -0.25) is 14.6 Å². The van der Waals surface area contributed by atoms with Gasteiger partial charge in [-0.15, -0.1) is 0 Å². The van der Waals surface area contributed by atoms with E-state index in [1.165, 1.54) is 19.3 Å². The van der Waals surface area contributed by atoms with Crippen LogP contribution < -0.4 is 5.73 Å². The van der Waals surface area contributed by atoms with Crippen molar-refractivity contribution in [1.82, 2.24) is 9.97 Å². The highest BCUT2D eigenvalue weighted by atomic mass is 16.5. The van der Waals surface area contributed by atoms with Gasteiger partial charge in [0.1, 0.15) is 6.26 Å². The van der Waals surface area contributed by atoms with Crippen LogP contribution in [0.15, 0.2) is 71.6 Å². The molecule has 40 heavy (non-hydrogen) atoms. The van der Waals surface area contributed by atoms with Crippen LogP contribution in [0.4, 0.5) is 0 Å². The van der Waals surface area contributed by atoms with E-state index in [4.69, 9.17) is 14.9 Å². The number of carbonyl (C=O) groups excluding carboxylic acids is 1. The normalized spacial score (nSPS) is 16.5. The molecule has 8 heteroatoms. The van der Waals surface area contributed by atoms with Crippen molar-refractivity contribution < 1.29 is 23.8 Å². The van der Waals surface area contributed by atoms with Crippen LogP contribution in [0.2, 0.25) is 0 Å². The Labute approximate surface area is 235 Å². The van der Waals surface area contributed by atoms with Gasteiger partial charge in [0.05, 0.1) is 6.10 Å². The van der Waals surface area contributed by atoms with Crippen LogP contribution in [-0.2, 0) is 14.9 Å². The van der Waals surface area contributed by atoms with E-state index in [0.717, 1.165) is 37.5 Å². The molecule has 3 N–H and O–H groups in total. The first-order chi connectivity index (χ1) is 19.5. The van der Waals surface area contributed by atoms with Crippen LogP contribution in [0.1, 0.15) is 91.7 Å². The van der Waals surface area contributed by atoms with Crippen LogP contribution in [0.3, 0.4) is 0 Å². The number of rotatable bonds is 15. The van der Waals surface area contributed by atoms with E-state index < -0.39 is 17.3 Å². The molecule has 0 radical (unpaired) electrons. The Hall–Kier alpha value is -3.78. The number of amides is 1. The Morgan fingerprint density at radius 1 is 1.10 bits per heavy atom. The molecule has 0 aliphatic heterocycles. The number of oxazole rings is 1. The number of aliphatic carboxylic acids is 1. The average Bonchev–Trinajstić information content (AvgIpc) is 3.47. The highest BCUT2D eigenvalue weighted by Crippen LogP contribution is 2.44. The monoisotopic (exact) mass is 545 g/mol. The SMILES string of the molecule is NC(=O)c1coc(C(C(=O)O)(c2ccccc2)C(CCC=Cc2cccnc2)CCCCOC2CCCCC2)n1. The van der Waals surface area contributed by atoms with Crippen LogP contribution in [-0.4, -0.2) is 39.7 Å². The first-order valence-corrected chi connectivity index (χ1v) is 14.2. The number of unbranched alkanes of at least 4 members (excludes halogenated alkanes) is 1. The number of nitrogens with zero attached hydrogens (tertiary/aromatic N) is 2. The summed E-state index contributed by atoms with van der Waals surface area (Å²) >= 11 is 0. The third kappa shape index (κ3) is 7.24. The summed E-state index contributed by atoms with van der Waals surface area (Å²) in [5.41, 5.74) is 5.30. The van der Waals surface area contributed by atoms with E-state index in [0.29, 0.717) is 37.5 Å². The molecule has 1 aromatic carbocycles. The number of allylic oxidation sites excluding steroid dienone is 1. The zero-order valence-electron chi connectivity index (χ0n) is 22.9. The van der Waals surface area contributed by atoms with E-state index in [1.54, 1.807) is 24.5 Å². The molecule has 4 rings (SSSR count). The molecule has 2 unspecified atom stereocenters. The summed E-state index contributed by atoms with van der Waals surface area (Å²) in [5, 5.41) is 10.9. The smallest absolute Gasteiger partial charge is 0.323 e. The number of hydrogen-bond donors (Lipinski definition) is 2. The highest BCUT2D eigenvalue weighted by Gasteiger charge is 2.52. The quantitative estimate of drug-likeness (QED) is 0.219. The topological polar surface area (TPSA) is 129 Å². The maximum Gasteiger partial charge on any atom is 0.323 e. The van der Waals surface area contributed by atoms with Crippen molar-refractivity contribution in [2.75, 3.05) is 6.61 Å². The molecular formula is C32H39N3O5. The van der Waals surface area contributed by atoms with Crippen molar-refractivity contribution in [3.8, 4) is 0 Å². The average molecular weight is 546 g/mol. The van der Waals surface area contributed by atoms with Crippen molar-refractivity contribution in [2.45, 2.75) is 75.7 Å². The van der Waals surface area contributed by atoms with Crippen molar-refractivity contribution in [2.24, 2.45) is 11.7 Å². The van der Waals surface area contributed by atoms with Crippen molar-refractivity contribution in [3.63, 3.8) is 0 Å². The minimum atomic E-state index is -1.60. The standard InChI is InChI=1S/C32H39N3O5/c33-29(36)28-23-40-30(35-28)32(31(37)38,25-14-3-1-4-15-25)26(16-8-7-12-24-13-11-20-34-22-24)17-9-10-21-39-27-18-5-2-6-19-27/h1,3-4,7,11-15,20,22-23,26-27H,2,5-6,8-10,16-19,21H2,(H2,33,36)(H,37,38). The summed E-state index contributed by atoms with van der Waals surface area (Å²) in [6, 6.07) is 12.9. The number of pyridine rings is 1. The van der Waals surface area contributed by atoms with Crippen LogP contribution in [0, 0.1) is 5.92 Å². The molecule has 1 aliphatic rings. The van der Waals surface area contributed by atoms with Crippen LogP contribution in [0.25, 0.3) is 6.08 Å². The summed E-state index contributed by atoms with van der Waals surface area (Å²) in [6.45, 7) is 0.661. The third-order valence-electron chi connectivity index (χ3n) is 7.80. The largest absolute Gasteiger partial charge is 0.480 e. The molecule has 2 aromatic heterocycles. The molecular weight excluding hydrogens is 506 g/mol. The highest BCUT2D eigenvalue weighted by molar-refractivity contribution is 5.91. The molecule has 2 heterocycles. The zero-order valence-corrected chi connectivity index (χ0v) is 22.9. The summed E-state index contributed by atoms with van der Waals surface area (Å²) < 4.78 is 11.9. The Balaban J connectivity index is 1.60. The van der Waals surface area contributed by atoms with Gasteiger partial charge in [-0.05, 0) is 61.6 Å². The van der Waals surface area contributed by atoms with Gasteiger partial charge >= 0.3 is 5.97 Å². The molecule has 0 bridgehead atoms. The second-order valence-corrected chi connectivity index (χ2v) is 10.5. The van der Waals surface area contributed by atoms with Crippen molar-refractivity contribution >= 4 is 18.0 Å². The van der Waals surface area contributed by atoms with Crippen molar-refractivity contribution in [1.29, 1.82) is 0 Å². The van der Waals surface area contributed by atoms with Gasteiger partial charge in [0.15, 0.2) is 11.1 Å². The minimum absolute atomic E-state index is 0.0281. The minimum Gasteiger partial charge on any atom is -0.480 e. The third-order valence-corrected chi connectivity index (χ3v) is 7.80. The second kappa shape index (κ2) is 14.6. The fourth-order valence-corrected chi connectivity index (χ4v) is 5.74. The lowest BCUT2D eigenvalue weighted by atomic mass is 9.66. The number of benzene rings is 1. The van der Waals surface area contributed by atoms with E-state index >= 15 is 0 Å². The molecule has 3 aromatic rings. The maximum absolute atomic E-state index is 13.3. The lowest BCUT2D eigenvalue weighted by Gasteiger charge is -2.35. The van der Waals surface area contributed by atoms with Crippen LogP contribution in [0.5, 0.6) is 0 Å². The predicted molar refractivity (Wildman–Crippen MR) is 153 cm³/mol. The van der Waals surface area contributed by atoms with Gasteiger partial charge in [-0.25, -0.2) is 4.98 Å². The second-order valence-electron chi connectivity index (χ2n) is 10.5. The van der Waals surface area contributed by atoms with Gasteiger partial charge < -0.3 is 20.0 Å². The maximum atomic E-state index is 13.3. The predicted octanol–water partition coefficient (Wildman–Crippen LogP) is 6.17. The van der Waals surface area contributed by atoms with E-state index in [-0.39, 0.29) is 17.5 Å². The number of aromatic nitrogens is 2. The lowest BCUT2D eigenvalue weighted by Crippen LogP contribution is -2.45. The first kappa shape index (κ1) is 29.2. The number of carboxylic acids is 1. The number of carbonyl (C=O) groups is 2. The number of carboxylic acid groups (broad SMARTS) is 1. The fourth-order valence-electron chi connectivity index (χ4n) is 5.74. The molecule has 0 spiro atoms. The van der Waals surface area contributed by atoms with Gasteiger partial charge in [-0.1, -0.05) is 74.2 Å². The Morgan fingerprint density at radius 3 is 2.58 bits per heavy atom. The molecule has 1 fully saturated rings. The Morgan fingerprint density at radius 2 is 1.90 bits per heavy atom. The number of hydrogen-bond acceptors (Lipinski definition) is 6. The molecule has 2 atom stereocenters.